The molecule has 3 heteroatoms. The lowest BCUT2D eigenvalue weighted by atomic mass is 9.65. The van der Waals surface area contributed by atoms with Crippen molar-refractivity contribution in [1.82, 2.24) is 0 Å². The van der Waals surface area contributed by atoms with Crippen LogP contribution in [0.5, 0.6) is 11.5 Å². The predicted octanol–water partition coefficient (Wildman–Crippen LogP) is 14.3. The summed E-state index contributed by atoms with van der Waals surface area (Å²) < 4.78 is 13.4. The van der Waals surface area contributed by atoms with E-state index >= 15 is 0 Å². The Morgan fingerprint density at radius 3 is 1.96 bits per heavy atom. The van der Waals surface area contributed by atoms with Crippen molar-refractivity contribution in [2.75, 3.05) is 4.90 Å². The Morgan fingerprint density at radius 2 is 1.07 bits per heavy atom. The second-order valence-corrected chi connectivity index (χ2v) is 14.8. The Labute approximate surface area is 324 Å². The van der Waals surface area contributed by atoms with Gasteiger partial charge >= 0.3 is 0 Å². The Kier molecular flexibility index (Phi) is 6.55. The Hall–Kier alpha value is -7.36. The molecular formula is C53H33NO2. The SMILES string of the molecule is c1ccc(-c2ccc(N(c3cccc4c3-c3ccccc3C43c4ccccc4Oc4c3ccc3ccccc43)c3cccc4oc5ccccc5c34)cc2)cc1. The molecule has 0 radical (unpaired) electrons. The molecule has 1 spiro atoms. The summed E-state index contributed by atoms with van der Waals surface area (Å²) in [4.78, 5) is 2.44. The van der Waals surface area contributed by atoms with Crippen LogP contribution in [0.15, 0.2) is 205 Å². The van der Waals surface area contributed by atoms with Crippen LogP contribution in [0.4, 0.5) is 17.1 Å². The largest absolute Gasteiger partial charge is 0.456 e. The van der Waals surface area contributed by atoms with Gasteiger partial charge in [-0.3, -0.25) is 0 Å². The molecule has 3 nitrogen and oxygen atoms in total. The standard InChI is InChI=1S/C53H33NO2/c1-2-14-34(15-3-1)35-28-31-37(32-29-35)54(46-24-13-27-49-51(46)40-19-7-10-25-47(40)55-49)45-23-12-22-43-50(45)39-18-6-8-20-41(39)53(43)42-21-9-11-26-48(42)56-52-38-17-5-4-16-36(38)30-33-44(52)53/h1-33H. The van der Waals surface area contributed by atoms with Crippen LogP contribution in [0, 0.1) is 0 Å². The van der Waals surface area contributed by atoms with E-state index in [0.29, 0.717) is 0 Å². The average Bonchev–Trinajstić information content (AvgIpc) is 3.79. The van der Waals surface area contributed by atoms with Crippen LogP contribution < -0.4 is 9.64 Å². The molecule has 1 aliphatic heterocycles. The number of anilines is 3. The summed E-state index contributed by atoms with van der Waals surface area (Å²) in [6, 6.07) is 71.9. The van der Waals surface area contributed by atoms with E-state index in [1.807, 2.05) is 6.07 Å². The van der Waals surface area contributed by atoms with Gasteiger partial charge in [-0.1, -0.05) is 158 Å². The van der Waals surface area contributed by atoms with Crippen molar-refractivity contribution in [2.45, 2.75) is 5.41 Å². The van der Waals surface area contributed by atoms with Crippen LogP contribution in [0.1, 0.15) is 22.3 Å². The number of rotatable bonds is 4. The van der Waals surface area contributed by atoms with Gasteiger partial charge in [0.15, 0.2) is 0 Å². The number of fused-ring (bicyclic) bond motifs is 14. The number of para-hydroxylation sites is 2. The van der Waals surface area contributed by atoms with Gasteiger partial charge in [-0.2, -0.15) is 0 Å². The average molecular weight is 716 g/mol. The molecule has 0 bridgehead atoms. The van der Waals surface area contributed by atoms with Gasteiger partial charge < -0.3 is 14.1 Å². The molecule has 56 heavy (non-hydrogen) atoms. The second kappa shape index (κ2) is 11.8. The third kappa shape index (κ3) is 4.22. The van der Waals surface area contributed by atoms with Crippen LogP contribution >= 0.6 is 0 Å². The van der Waals surface area contributed by atoms with E-state index in [1.54, 1.807) is 0 Å². The number of hydrogen-bond acceptors (Lipinski definition) is 3. The Balaban J connectivity index is 1.18. The molecule has 0 fully saturated rings. The van der Waals surface area contributed by atoms with Crippen molar-refractivity contribution in [2.24, 2.45) is 0 Å². The summed E-state index contributed by atoms with van der Waals surface area (Å²) in [5.74, 6) is 1.80. The van der Waals surface area contributed by atoms with Gasteiger partial charge in [0.2, 0.25) is 0 Å². The van der Waals surface area contributed by atoms with Gasteiger partial charge in [-0.05, 0) is 75.7 Å². The quantitative estimate of drug-likeness (QED) is 0.181. The lowest BCUT2D eigenvalue weighted by molar-refractivity contribution is 0.441. The van der Waals surface area contributed by atoms with E-state index in [0.717, 1.165) is 72.4 Å². The zero-order valence-corrected chi connectivity index (χ0v) is 30.3. The highest BCUT2D eigenvalue weighted by molar-refractivity contribution is 6.14. The van der Waals surface area contributed by atoms with Gasteiger partial charge in [0, 0.05) is 33.2 Å². The molecule has 0 saturated heterocycles. The molecule has 0 saturated carbocycles. The lowest BCUT2D eigenvalue weighted by Crippen LogP contribution is -2.32. The summed E-state index contributed by atoms with van der Waals surface area (Å²) in [7, 11) is 0. The van der Waals surface area contributed by atoms with Crippen LogP contribution in [0.25, 0.3) is 55.0 Å². The van der Waals surface area contributed by atoms with Crippen molar-refractivity contribution < 1.29 is 9.15 Å². The van der Waals surface area contributed by atoms with Gasteiger partial charge in [0.05, 0.1) is 22.2 Å². The molecule has 1 aromatic heterocycles. The first-order valence-electron chi connectivity index (χ1n) is 19.2. The first kappa shape index (κ1) is 31.0. The maximum Gasteiger partial charge on any atom is 0.140 e. The number of furan rings is 1. The lowest BCUT2D eigenvalue weighted by Gasteiger charge is -2.40. The van der Waals surface area contributed by atoms with Gasteiger partial charge in [-0.25, -0.2) is 0 Å². The predicted molar refractivity (Wildman–Crippen MR) is 229 cm³/mol. The zero-order chi connectivity index (χ0) is 36.8. The molecule has 12 rings (SSSR count). The van der Waals surface area contributed by atoms with E-state index in [1.165, 1.54) is 33.4 Å². The molecule has 1 unspecified atom stereocenters. The van der Waals surface area contributed by atoms with Crippen molar-refractivity contribution in [3.8, 4) is 33.8 Å². The topological polar surface area (TPSA) is 25.6 Å². The Morgan fingerprint density at radius 1 is 0.411 bits per heavy atom. The van der Waals surface area contributed by atoms with Crippen LogP contribution in [0.3, 0.4) is 0 Å². The molecule has 1 aliphatic carbocycles. The molecule has 0 amide bonds. The minimum atomic E-state index is -0.618. The minimum Gasteiger partial charge on any atom is -0.456 e. The summed E-state index contributed by atoms with van der Waals surface area (Å²) >= 11 is 0. The van der Waals surface area contributed by atoms with E-state index in [4.69, 9.17) is 9.15 Å². The highest BCUT2D eigenvalue weighted by atomic mass is 16.5. The third-order valence-corrected chi connectivity index (χ3v) is 11.9. The van der Waals surface area contributed by atoms with Crippen LogP contribution in [-0.2, 0) is 5.41 Å². The zero-order valence-electron chi connectivity index (χ0n) is 30.3. The van der Waals surface area contributed by atoms with Crippen molar-refractivity contribution in [1.29, 1.82) is 0 Å². The molecule has 262 valence electrons. The molecular weight excluding hydrogens is 683 g/mol. The van der Waals surface area contributed by atoms with E-state index in [2.05, 4.69) is 199 Å². The summed E-state index contributed by atoms with van der Waals surface area (Å²) in [5, 5.41) is 4.45. The molecule has 9 aromatic carbocycles. The maximum absolute atomic E-state index is 6.93. The van der Waals surface area contributed by atoms with Gasteiger partial charge in [0.25, 0.3) is 0 Å². The van der Waals surface area contributed by atoms with Gasteiger partial charge in [-0.15, -0.1) is 0 Å². The van der Waals surface area contributed by atoms with Crippen molar-refractivity contribution >= 4 is 49.8 Å². The maximum atomic E-state index is 6.93. The van der Waals surface area contributed by atoms with Gasteiger partial charge in [0.1, 0.15) is 22.7 Å². The summed E-state index contributed by atoms with van der Waals surface area (Å²) in [5.41, 5.74) is 13.9. The van der Waals surface area contributed by atoms with Crippen LogP contribution in [0.2, 0.25) is 0 Å². The first-order valence-corrected chi connectivity index (χ1v) is 19.2. The fourth-order valence-corrected chi connectivity index (χ4v) is 9.63. The Bertz CT molecular complexity index is 3180. The third-order valence-electron chi connectivity index (χ3n) is 11.9. The monoisotopic (exact) mass is 715 g/mol. The van der Waals surface area contributed by atoms with Crippen LogP contribution in [-0.4, -0.2) is 0 Å². The highest BCUT2D eigenvalue weighted by Crippen LogP contribution is 2.65. The smallest absolute Gasteiger partial charge is 0.140 e. The number of ether oxygens (including phenoxy) is 1. The first-order chi connectivity index (χ1) is 27.8. The minimum absolute atomic E-state index is 0.618. The summed E-state index contributed by atoms with van der Waals surface area (Å²) in [6.45, 7) is 0. The number of benzene rings is 9. The molecule has 0 N–H and O–H groups in total. The molecule has 10 aromatic rings. The molecule has 1 atom stereocenters. The van der Waals surface area contributed by atoms with Crippen molar-refractivity contribution in [3.63, 3.8) is 0 Å². The highest BCUT2D eigenvalue weighted by Gasteiger charge is 2.52. The number of nitrogens with zero attached hydrogens (tertiary/aromatic N) is 1. The van der Waals surface area contributed by atoms with E-state index in [-0.39, 0.29) is 0 Å². The fourth-order valence-electron chi connectivity index (χ4n) is 9.63. The van der Waals surface area contributed by atoms with Crippen molar-refractivity contribution in [3.05, 3.63) is 222 Å². The molecule has 2 heterocycles. The summed E-state index contributed by atoms with van der Waals surface area (Å²) in [6.07, 6.45) is 0. The normalized spacial score (nSPS) is 15.0. The fraction of sp³-hybridized carbons (Fsp3) is 0.0189. The van der Waals surface area contributed by atoms with E-state index in [9.17, 15) is 0 Å². The molecule has 2 aliphatic rings. The number of hydrogen-bond donors (Lipinski definition) is 0. The second-order valence-electron chi connectivity index (χ2n) is 14.8. The van der Waals surface area contributed by atoms with E-state index < -0.39 is 5.41 Å².